The highest BCUT2D eigenvalue weighted by atomic mass is 32.2. The Morgan fingerprint density at radius 3 is 2.38 bits per heavy atom. The maximum absolute atomic E-state index is 12.0. The van der Waals surface area contributed by atoms with Gasteiger partial charge in [0.1, 0.15) is 5.54 Å². The number of carbonyl (C=O) groups is 2. The predicted molar refractivity (Wildman–Crippen MR) is 76.4 cm³/mol. The molecule has 7 nitrogen and oxygen atoms in total. The second-order valence-corrected chi connectivity index (χ2v) is 7.86. The fraction of sp³-hybridized carbons (Fsp3) is 0.692. The molecule has 1 heterocycles. The van der Waals surface area contributed by atoms with Gasteiger partial charge < -0.3 is 15.7 Å². The van der Waals surface area contributed by atoms with Crippen molar-refractivity contribution in [1.29, 1.82) is 0 Å². The van der Waals surface area contributed by atoms with E-state index in [0.717, 1.165) is 18.2 Å². The number of carboxylic acids is 1. The summed E-state index contributed by atoms with van der Waals surface area (Å²) >= 11 is 0. The summed E-state index contributed by atoms with van der Waals surface area (Å²) < 4.78 is 22.5. The lowest BCUT2D eigenvalue weighted by atomic mass is 9.77. The van der Waals surface area contributed by atoms with Gasteiger partial charge in [-0.2, -0.15) is 0 Å². The van der Waals surface area contributed by atoms with Gasteiger partial charge in [0.05, 0.1) is 11.8 Å². The fourth-order valence-corrected chi connectivity index (χ4v) is 3.97. The van der Waals surface area contributed by atoms with E-state index in [9.17, 15) is 23.1 Å². The summed E-state index contributed by atoms with van der Waals surface area (Å²) in [7, 11) is -3.25. The number of aliphatic carboxylic acids is 1. The lowest BCUT2D eigenvalue weighted by molar-refractivity contribution is -0.146. The van der Waals surface area contributed by atoms with Crippen LogP contribution in [0.1, 0.15) is 32.6 Å². The number of carboxylic acid groups (broad SMARTS) is 1. The monoisotopic (exact) mass is 316 g/mol. The molecule has 118 valence electrons. The average molecular weight is 316 g/mol. The minimum atomic E-state index is -3.25. The molecule has 0 aromatic heterocycles. The van der Waals surface area contributed by atoms with Crippen molar-refractivity contribution in [3.8, 4) is 0 Å². The van der Waals surface area contributed by atoms with Crippen LogP contribution < -0.4 is 10.6 Å². The van der Waals surface area contributed by atoms with Gasteiger partial charge in [0.2, 0.25) is 0 Å². The van der Waals surface area contributed by atoms with E-state index in [4.69, 9.17) is 0 Å². The largest absolute Gasteiger partial charge is 0.480 e. The van der Waals surface area contributed by atoms with Gasteiger partial charge in [0.25, 0.3) is 0 Å². The quantitative estimate of drug-likeness (QED) is 0.707. The SMILES string of the molecule is CC1CCC(NC(=O)NC2C=CS(=O)(=O)C2)(C(=O)O)CC1. The third-order valence-corrected chi connectivity index (χ3v) is 5.53. The van der Waals surface area contributed by atoms with Crippen molar-refractivity contribution in [2.75, 3.05) is 5.75 Å². The van der Waals surface area contributed by atoms with Crippen LogP contribution in [-0.4, -0.2) is 42.9 Å². The Morgan fingerprint density at radius 1 is 1.29 bits per heavy atom. The minimum Gasteiger partial charge on any atom is -0.480 e. The van der Waals surface area contributed by atoms with E-state index < -0.39 is 33.4 Å². The minimum absolute atomic E-state index is 0.183. The third-order valence-electron chi connectivity index (χ3n) is 4.14. The zero-order valence-corrected chi connectivity index (χ0v) is 12.6. The molecular formula is C13H20N2O5S. The number of rotatable bonds is 3. The van der Waals surface area contributed by atoms with Crippen LogP contribution in [0.4, 0.5) is 4.79 Å². The number of sulfone groups is 1. The third kappa shape index (κ3) is 3.75. The molecule has 1 saturated carbocycles. The molecule has 0 bridgehead atoms. The smallest absolute Gasteiger partial charge is 0.329 e. The summed E-state index contributed by atoms with van der Waals surface area (Å²) in [6.45, 7) is 2.06. The number of nitrogens with one attached hydrogen (secondary N) is 2. The molecule has 1 aliphatic carbocycles. The molecule has 2 amide bonds. The second kappa shape index (κ2) is 5.67. The van der Waals surface area contributed by atoms with Crippen LogP contribution in [0.5, 0.6) is 0 Å². The standard InChI is InChI=1S/C13H20N2O5S/c1-9-2-5-13(6-3-9,11(16)17)15-12(18)14-10-4-7-21(19,20)8-10/h4,7,9-10H,2-3,5-6,8H2,1H3,(H,16,17)(H2,14,15,18). The first-order valence-corrected chi connectivity index (χ1v) is 8.67. The number of hydrogen-bond acceptors (Lipinski definition) is 4. The van der Waals surface area contributed by atoms with E-state index >= 15 is 0 Å². The highest BCUT2D eigenvalue weighted by Crippen LogP contribution is 2.32. The number of urea groups is 1. The zero-order chi connectivity index (χ0) is 15.7. The Hall–Kier alpha value is -1.57. The van der Waals surface area contributed by atoms with Crippen LogP contribution in [-0.2, 0) is 14.6 Å². The van der Waals surface area contributed by atoms with Crippen LogP contribution >= 0.6 is 0 Å². The second-order valence-electron chi connectivity index (χ2n) is 5.93. The number of carbonyl (C=O) groups excluding carboxylic acids is 1. The first kappa shape index (κ1) is 15.8. The first-order chi connectivity index (χ1) is 9.72. The van der Waals surface area contributed by atoms with Crippen molar-refractivity contribution in [2.24, 2.45) is 5.92 Å². The summed E-state index contributed by atoms with van der Waals surface area (Å²) in [5, 5.41) is 15.5. The van der Waals surface area contributed by atoms with Crippen molar-refractivity contribution in [1.82, 2.24) is 10.6 Å². The molecule has 1 atom stereocenters. The van der Waals surface area contributed by atoms with Crippen LogP contribution in [0, 0.1) is 5.92 Å². The molecule has 2 aliphatic rings. The Bertz CT molecular complexity index is 561. The van der Waals surface area contributed by atoms with E-state index in [0.29, 0.717) is 18.8 Å². The zero-order valence-electron chi connectivity index (χ0n) is 11.8. The molecule has 2 rings (SSSR count). The van der Waals surface area contributed by atoms with E-state index in [1.165, 1.54) is 6.08 Å². The van der Waals surface area contributed by atoms with Crippen LogP contribution in [0.3, 0.4) is 0 Å². The Labute approximate surface area is 123 Å². The van der Waals surface area contributed by atoms with E-state index in [1.54, 1.807) is 0 Å². The molecule has 0 radical (unpaired) electrons. The highest BCUT2D eigenvalue weighted by molar-refractivity contribution is 7.94. The van der Waals surface area contributed by atoms with Crippen molar-refractivity contribution in [2.45, 2.75) is 44.2 Å². The van der Waals surface area contributed by atoms with E-state index in [-0.39, 0.29) is 5.75 Å². The molecule has 1 aliphatic heterocycles. The summed E-state index contributed by atoms with van der Waals surface area (Å²) in [6.07, 6.45) is 3.64. The summed E-state index contributed by atoms with van der Waals surface area (Å²) in [6, 6.07) is -1.25. The van der Waals surface area contributed by atoms with E-state index in [1.807, 2.05) is 0 Å². The molecule has 8 heteroatoms. The van der Waals surface area contributed by atoms with Crippen molar-refractivity contribution >= 4 is 21.8 Å². The molecule has 0 saturated heterocycles. The molecule has 21 heavy (non-hydrogen) atoms. The number of amides is 2. The van der Waals surface area contributed by atoms with Crippen LogP contribution in [0.15, 0.2) is 11.5 Å². The van der Waals surface area contributed by atoms with Crippen LogP contribution in [0.25, 0.3) is 0 Å². The molecule has 0 aromatic rings. The van der Waals surface area contributed by atoms with E-state index in [2.05, 4.69) is 17.6 Å². The number of hydrogen-bond donors (Lipinski definition) is 3. The lowest BCUT2D eigenvalue weighted by Crippen LogP contribution is -2.59. The van der Waals surface area contributed by atoms with Gasteiger partial charge in [0, 0.05) is 5.41 Å². The Kier molecular flexibility index (Phi) is 4.27. The van der Waals surface area contributed by atoms with Crippen molar-refractivity contribution < 1.29 is 23.1 Å². The molecule has 1 unspecified atom stereocenters. The van der Waals surface area contributed by atoms with Gasteiger partial charge in [-0.3, -0.25) is 0 Å². The summed E-state index contributed by atoms with van der Waals surface area (Å²) in [5.74, 6) is -0.776. The van der Waals surface area contributed by atoms with Gasteiger partial charge in [-0.05, 0) is 37.7 Å². The Morgan fingerprint density at radius 2 is 1.90 bits per heavy atom. The molecule has 3 N–H and O–H groups in total. The van der Waals surface area contributed by atoms with Crippen LogP contribution in [0.2, 0.25) is 0 Å². The summed E-state index contributed by atoms with van der Waals surface area (Å²) in [5.41, 5.74) is -1.25. The van der Waals surface area contributed by atoms with Gasteiger partial charge in [-0.15, -0.1) is 0 Å². The predicted octanol–water partition coefficient (Wildman–Crippen LogP) is 0.630. The topological polar surface area (TPSA) is 113 Å². The van der Waals surface area contributed by atoms with Crippen molar-refractivity contribution in [3.63, 3.8) is 0 Å². The molecule has 0 aromatic carbocycles. The summed E-state index contributed by atoms with van der Waals surface area (Å²) in [4.78, 5) is 23.5. The fourth-order valence-electron chi connectivity index (χ4n) is 2.73. The molecular weight excluding hydrogens is 296 g/mol. The Balaban J connectivity index is 1.97. The normalized spacial score (nSPS) is 34.3. The molecule has 0 spiro atoms. The van der Waals surface area contributed by atoms with Gasteiger partial charge in [0.15, 0.2) is 9.84 Å². The maximum Gasteiger partial charge on any atom is 0.329 e. The van der Waals surface area contributed by atoms with Gasteiger partial charge in [-0.1, -0.05) is 6.92 Å². The molecule has 1 fully saturated rings. The maximum atomic E-state index is 12.0. The van der Waals surface area contributed by atoms with Crippen molar-refractivity contribution in [3.05, 3.63) is 11.5 Å². The van der Waals surface area contributed by atoms with Gasteiger partial charge in [-0.25, -0.2) is 18.0 Å². The first-order valence-electron chi connectivity index (χ1n) is 6.95. The van der Waals surface area contributed by atoms with Gasteiger partial charge >= 0.3 is 12.0 Å². The highest BCUT2D eigenvalue weighted by Gasteiger charge is 2.42. The average Bonchev–Trinajstić information content (AvgIpc) is 2.71. The lowest BCUT2D eigenvalue weighted by Gasteiger charge is -2.36.